The van der Waals surface area contributed by atoms with Crippen molar-refractivity contribution in [2.24, 2.45) is 0 Å². The first-order valence-electron chi connectivity index (χ1n) is 6.70. The Morgan fingerprint density at radius 3 is 2.68 bits per heavy atom. The van der Waals surface area contributed by atoms with Gasteiger partial charge in [-0.3, -0.25) is 15.0 Å². The molecule has 2 unspecified atom stereocenters. The minimum absolute atomic E-state index is 0.110. The zero-order chi connectivity index (χ0) is 13.8. The van der Waals surface area contributed by atoms with Gasteiger partial charge < -0.3 is 0 Å². The summed E-state index contributed by atoms with van der Waals surface area (Å²) in [5, 5.41) is 10.5. The summed E-state index contributed by atoms with van der Waals surface area (Å²) in [7, 11) is 0. The lowest BCUT2D eigenvalue weighted by Gasteiger charge is -2.34. The van der Waals surface area contributed by atoms with Crippen molar-refractivity contribution in [2.45, 2.75) is 37.6 Å². The third kappa shape index (κ3) is 3.67. The van der Waals surface area contributed by atoms with E-state index in [4.69, 9.17) is 11.6 Å². The van der Waals surface area contributed by atoms with Crippen molar-refractivity contribution < 1.29 is 4.92 Å². The second kappa shape index (κ2) is 6.35. The van der Waals surface area contributed by atoms with E-state index in [2.05, 4.69) is 11.8 Å². The second-order valence-corrected chi connectivity index (χ2v) is 5.68. The Balaban J connectivity index is 1.98. The van der Waals surface area contributed by atoms with Gasteiger partial charge in [-0.25, -0.2) is 0 Å². The molecular weight excluding hydrogens is 264 g/mol. The van der Waals surface area contributed by atoms with Crippen LogP contribution >= 0.6 is 11.6 Å². The molecule has 104 valence electrons. The van der Waals surface area contributed by atoms with Gasteiger partial charge in [-0.1, -0.05) is 18.6 Å². The molecule has 0 aliphatic carbocycles. The molecule has 2 rings (SSSR count). The van der Waals surface area contributed by atoms with Gasteiger partial charge in [0.25, 0.3) is 5.69 Å². The minimum Gasteiger partial charge on any atom is -0.299 e. The van der Waals surface area contributed by atoms with E-state index in [1.54, 1.807) is 12.1 Å². The van der Waals surface area contributed by atoms with Crippen molar-refractivity contribution in [2.75, 3.05) is 13.1 Å². The van der Waals surface area contributed by atoms with Gasteiger partial charge in [-0.2, -0.15) is 0 Å². The lowest BCUT2D eigenvalue weighted by molar-refractivity contribution is -0.384. The fourth-order valence-electron chi connectivity index (χ4n) is 2.54. The lowest BCUT2D eigenvalue weighted by atomic mass is 10.0. The highest BCUT2D eigenvalue weighted by Crippen LogP contribution is 2.26. The molecule has 2 atom stereocenters. The largest absolute Gasteiger partial charge is 0.299 e. The zero-order valence-corrected chi connectivity index (χ0v) is 11.8. The monoisotopic (exact) mass is 282 g/mol. The number of benzene rings is 1. The predicted octanol–water partition coefficient (Wildman–Crippen LogP) is 3.75. The van der Waals surface area contributed by atoms with Crippen LogP contribution in [0.5, 0.6) is 0 Å². The average Bonchev–Trinajstić information content (AvgIpc) is 2.41. The molecule has 19 heavy (non-hydrogen) atoms. The topological polar surface area (TPSA) is 46.4 Å². The minimum atomic E-state index is -0.389. The van der Waals surface area contributed by atoms with Crippen LogP contribution in [-0.4, -0.2) is 29.0 Å². The van der Waals surface area contributed by atoms with Crippen LogP contribution in [0.4, 0.5) is 5.69 Å². The van der Waals surface area contributed by atoms with E-state index in [1.807, 2.05) is 0 Å². The standard InChI is InChI=1S/C14H19ClN2O2/c1-11-4-2-3-9-16(11)10-14(15)12-5-7-13(8-6-12)17(18)19/h5-8,11,14H,2-4,9-10H2,1H3. The van der Waals surface area contributed by atoms with E-state index >= 15 is 0 Å². The molecule has 1 aromatic carbocycles. The van der Waals surface area contributed by atoms with Crippen LogP contribution in [0.25, 0.3) is 0 Å². The smallest absolute Gasteiger partial charge is 0.269 e. The van der Waals surface area contributed by atoms with Crippen LogP contribution in [0.15, 0.2) is 24.3 Å². The van der Waals surface area contributed by atoms with E-state index in [0.717, 1.165) is 18.7 Å². The molecule has 0 spiro atoms. The summed E-state index contributed by atoms with van der Waals surface area (Å²) in [4.78, 5) is 12.6. The zero-order valence-electron chi connectivity index (χ0n) is 11.1. The Kier molecular flexibility index (Phi) is 4.77. The Morgan fingerprint density at radius 1 is 1.42 bits per heavy atom. The Bertz CT molecular complexity index is 436. The van der Waals surface area contributed by atoms with E-state index in [-0.39, 0.29) is 16.0 Å². The summed E-state index contributed by atoms with van der Waals surface area (Å²) in [6.45, 7) is 4.14. The molecule has 0 aromatic heterocycles. The number of non-ortho nitro benzene ring substituents is 1. The van der Waals surface area contributed by atoms with E-state index in [9.17, 15) is 10.1 Å². The summed E-state index contributed by atoms with van der Waals surface area (Å²) >= 11 is 6.43. The summed E-state index contributed by atoms with van der Waals surface area (Å²) in [5.74, 6) is 0. The third-order valence-electron chi connectivity index (χ3n) is 3.80. The van der Waals surface area contributed by atoms with Crippen molar-refractivity contribution in [3.8, 4) is 0 Å². The maximum atomic E-state index is 10.6. The lowest BCUT2D eigenvalue weighted by Crippen LogP contribution is -2.39. The van der Waals surface area contributed by atoms with Gasteiger partial charge in [-0.05, 0) is 31.9 Å². The second-order valence-electron chi connectivity index (χ2n) is 5.16. The molecule has 0 amide bonds. The molecule has 1 aliphatic rings. The molecule has 4 nitrogen and oxygen atoms in total. The van der Waals surface area contributed by atoms with Crippen LogP contribution < -0.4 is 0 Å². The molecule has 0 N–H and O–H groups in total. The molecule has 0 radical (unpaired) electrons. The molecule has 1 fully saturated rings. The van der Waals surface area contributed by atoms with Crippen LogP contribution in [0.3, 0.4) is 0 Å². The van der Waals surface area contributed by atoms with E-state index in [0.29, 0.717) is 6.04 Å². The first kappa shape index (κ1) is 14.3. The van der Waals surface area contributed by atoms with Crippen molar-refractivity contribution >= 4 is 17.3 Å². The number of nitro benzene ring substituents is 1. The quantitative estimate of drug-likeness (QED) is 0.480. The number of hydrogen-bond acceptors (Lipinski definition) is 3. The van der Waals surface area contributed by atoms with Gasteiger partial charge in [0.1, 0.15) is 0 Å². The van der Waals surface area contributed by atoms with Crippen molar-refractivity contribution in [1.82, 2.24) is 4.90 Å². The van der Waals surface area contributed by atoms with Crippen LogP contribution in [0.2, 0.25) is 0 Å². The maximum absolute atomic E-state index is 10.6. The number of alkyl halides is 1. The van der Waals surface area contributed by atoms with Crippen molar-refractivity contribution in [3.05, 3.63) is 39.9 Å². The molecule has 1 aliphatic heterocycles. The van der Waals surface area contributed by atoms with Crippen molar-refractivity contribution in [3.63, 3.8) is 0 Å². The summed E-state index contributed by atoms with van der Waals surface area (Å²) < 4.78 is 0. The highest BCUT2D eigenvalue weighted by Gasteiger charge is 2.21. The average molecular weight is 283 g/mol. The number of rotatable bonds is 4. The third-order valence-corrected chi connectivity index (χ3v) is 4.19. The van der Waals surface area contributed by atoms with E-state index in [1.165, 1.54) is 31.4 Å². The number of piperidine rings is 1. The predicted molar refractivity (Wildman–Crippen MR) is 76.6 cm³/mol. The van der Waals surface area contributed by atoms with Gasteiger partial charge in [0.05, 0.1) is 10.3 Å². The molecule has 1 saturated heterocycles. The summed E-state index contributed by atoms with van der Waals surface area (Å²) in [5.41, 5.74) is 1.06. The Morgan fingerprint density at radius 2 is 2.11 bits per heavy atom. The number of nitro groups is 1. The normalized spacial score (nSPS) is 22.1. The Labute approximate surface area is 118 Å². The molecule has 0 bridgehead atoms. The Hall–Kier alpha value is -1.13. The van der Waals surface area contributed by atoms with Gasteiger partial charge in [-0.15, -0.1) is 11.6 Å². The van der Waals surface area contributed by atoms with Crippen molar-refractivity contribution in [1.29, 1.82) is 0 Å². The molecular formula is C14H19ClN2O2. The van der Waals surface area contributed by atoms with Gasteiger partial charge >= 0.3 is 0 Å². The number of likely N-dealkylation sites (tertiary alicyclic amines) is 1. The number of nitrogens with zero attached hydrogens (tertiary/aromatic N) is 2. The fraction of sp³-hybridized carbons (Fsp3) is 0.571. The van der Waals surface area contributed by atoms with Crippen LogP contribution in [0, 0.1) is 10.1 Å². The maximum Gasteiger partial charge on any atom is 0.269 e. The molecule has 1 aromatic rings. The summed E-state index contributed by atoms with van der Waals surface area (Å²) in [6.07, 6.45) is 3.75. The highest BCUT2D eigenvalue weighted by molar-refractivity contribution is 6.21. The highest BCUT2D eigenvalue weighted by atomic mass is 35.5. The van der Waals surface area contributed by atoms with Crippen LogP contribution in [-0.2, 0) is 0 Å². The number of halogens is 1. The first-order chi connectivity index (χ1) is 9.08. The fourth-order valence-corrected chi connectivity index (χ4v) is 2.87. The molecule has 5 heteroatoms. The van der Waals surface area contributed by atoms with Gasteiger partial charge in [0, 0.05) is 24.7 Å². The SMILES string of the molecule is CC1CCCCN1CC(Cl)c1ccc([N+](=O)[O-])cc1. The van der Waals surface area contributed by atoms with Gasteiger partial charge in [0.2, 0.25) is 0 Å². The first-order valence-corrected chi connectivity index (χ1v) is 7.14. The van der Waals surface area contributed by atoms with Gasteiger partial charge in [0.15, 0.2) is 0 Å². The number of hydrogen-bond donors (Lipinski definition) is 0. The van der Waals surface area contributed by atoms with E-state index < -0.39 is 0 Å². The molecule has 1 heterocycles. The molecule has 0 saturated carbocycles. The summed E-state index contributed by atoms with van der Waals surface area (Å²) in [6, 6.07) is 7.12. The van der Waals surface area contributed by atoms with Crippen LogP contribution in [0.1, 0.15) is 37.1 Å².